The summed E-state index contributed by atoms with van der Waals surface area (Å²) in [4.78, 5) is 11.6. The minimum Gasteiger partial charge on any atom is -0.392 e. The van der Waals surface area contributed by atoms with Crippen LogP contribution in [0.3, 0.4) is 0 Å². The molecule has 0 saturated heterocycles. The lowest BCUT2D eigenvalue weighted by Gasteiger charge is -2.32. The van der Waals surface area contributed by atoms with Crippen LogP contribution >= 0.6 is 0 Å². The number of Topliss-reactive ketones (excluding diaryl/α,β-unsaturated/α-hetero) is 1. The average molecular weight is 193 g/mol. The molecule has 0 spiro atoms. The second-order valence-electron chi connectivity index (χ2n) is 4.00. The van der Waals surface area contributed by atoms with Crippen molar-refractivity contribution in [1.29, 1.82) is 0 Å². The SMILES string of the molecule is N[C@@H]1CCC(=O)C2=CC(CO)=CCC21. The minimum atomic E-state index is 0.0126. The van der Waals surface area contributed by atoms with E-state index in [9.17, 15) is 4.79 Å². The molecule has 2 atom stereocenters. The number of hydrogen-bond acceptors (Lipinski definition) is 3. The van der Waals surface area contributed by atoms with E-state index in [1.54, 1.807) is 0 Å². The molecule has 3 heteroatoms. The molecule has 0 bridgehead atoms. The highest BCUT2D eigenvalue weighted by molar-refractivity contribution is 5.97. The zero-order chi connectivity index (χ0) is 10.1. The molecule has 0 aromatic rings. The molecule has 0 aromatic heterocycles. The van der Waals surface area contributed by atoms with E-state index in [1.165, 1.54) is 0 Å². The van der Waals surface area contributed by atoms with Crippen LogP contribution < -0.4 is 5.73 Å². The summed E-state index contributed by atoms with van der Waals surface area (Å²) in [5.41, 5.74) is 7.63. The first-order valence-electron chi connectivity index (χ1n) is 5.02. The predicted molar refractivity (Wildman–Crippen MR) is 53.6 cm³/mol. The molecule has 2 aliphatic rings. The van der Waals surface area contributed by atoms with Gasteiger partial charge < -0.3 is 10.8 Å². The first kappa shape index (κ1) is 9.62. The quantitative estimate of drug-likeness (QED) is 0.639. The molecule has 3 nitrogen and oxygen atoms in total. The van der Waals surface area contributed by atoms with Crippen molar-refractivity contribution in [3.8, 4) is 0 Å². The van der Waals surface area contributed by atoms with Crippen LogP contribution in [0.15, 0.2) is 23.3 Å². The number of allylic oxidation sites excluding steroid dienone is 1. The fourth-order valence-electron chi connectivity index (χ4n) is 2.22. The van der Waals surface area contributed by atoms with Crippen molar-refractivity contribution < 1.29 is 9.90 Å². The van der Waals surface area contributed by atoms with Crippen LogP contribution in [0.2, 0.25) is 0 Å². The fourth-order valence-corrected chi connectivity index (χ4v) is 2.22. The fraction of sp³-hybridized carbons (Fsp3) is 0.545. The topological polar surface area (TPSA) is 63.3 Å². The van der Waals surface area contributed by atoms with Gasteiger partial charge in [-0.1, -0.05) is 6.08 Å². The second kappa shape index (κ2) is 3.67. The molecule has 0 aliphatic heterocycles. The number of aliphatic hydroxyl groups excluding tert-OH is 1. The van der Waals surface area contributed by atoms with Crippen LogP contribution in [0.1, 0.15) is 19.3 Å². The van der Waals surface area contributed by atoms with Gasteiger partial charge in [-0.2, -0.15) is 0 Å². The molecule has 76 valence electrons. The Balaban J connectivity index is 2.28. The third kappa shape index (κ3) is 1.53. The van der Waals surface area contributed by atoms with E-state index < -0.39 is 0 Å². The van der Waals surface area contributed by atoms with Gasteiger partial charge in [0.15, 0.2) is 5.78 Å². The molecule has 2 aliphatic carbocycles. The largest absolute Gasteiger partial charge is 0.392 e. The highest BCUT2D eigenvalue weighted by Crippen LogP contribution is 2.33. The third-order valence-corrected chi connectivity index (χ3v) is 3.10. The van der Waals surface area contributed by atoms with Crippen molar-refractivity contribution in [3.05, 3.63) is 23.3 Å². The van der Waals surface area contributed by atoms with Crippen molar-refractivity contribution in [2.75, 3.05) is 6.61 Å². The number of nitrogens with two attached hydrogens (primary N) is 1. The van der Waals surface area contributed by atoms with Crippen LogP contribution in [0.25, 0.3) is 0 Å². The summed E-state index contributed by atoms with van der Waals surface area (Å²) < 4.78 is 0. The Bertz CT molecular complexity index is 317. The molecular weight excluding hydrogens is 178 g/mol. The highest BCUT2D eigenvalue weighted by atomic mass is 16.3. The summed E-state index contributed by atoms with van der Waals surface area (Å²) in [5, 5.41) is 8.98. The van der Waals surface area contributed by atoms with Gasteiger partial charge >= 0.3 is 0 Å². The number of fused-ring (bicyclic) bond motifs is 1. The van der Waals surface area contributed by atoms with Gasteiger partial charge in [0.05, 0.1) is 6.61 Å². The summed E-state index contributed by atoms with van der Waals surface area (Å²) in [6.45, 7) is 0.0126. The van der Waals surface area contributed by atoms with E-state index in [0.29, 0.717) is 6.42 Å². The predicted octanol–water partition coefficient (Wildman–Crippen LogP) is 0.542. The standard InChI is InChI=1S/C11H15NO2/c12-10-3-4-11(14)9-5-7(6-13)1-2-8(9)10/h1,5,8,10,13H,2-4,6,12H2/t8?,10-/m1/s1. The van der Waals surface area contributed by atoms with Crippen LogP contribution in [-0.4, -0.2) is 23.5 Å². The minimum absolute atomic E-state index is 0.0126. The Morgan fingerprint density at radius 1 is 1.57 bits per heavy atom. The van der Waals surface area contributed by atoms with Crippen LogP contribution in [0, 0.1) is 5.92 Å². The van der Waals surface area contributed by atoms with E-state index in [0.717, 1.165) is 24.0 Å². The van der Waals surface area contributed by atoms with Gasteiger partial charge in [0, 0.05) is 24.0 Å². The summed E-state index contributed by atoms with van der Waals surface area (Å²) in [5.74, 6) is 0.391. The Labute approximate surface area is 83.3 Å². The van der Waals surface area contributed by atoms with Crippen LogP contribution in [0.4, 0.5) is 0 Å². The molecule has 3 N–H and O–H groups in total. The maximum absolute atomic E-state index is 11.6. The third-order valence-electron chi connectivity index (χ3n) is 3.10. The zero-order valence-electron chi connectivity index (χ0n) is 8.07. The van der Waals surface area contributed by atoms with Crippen molar-refractivity contribution in [2.45, 2.75) is 25.3 Å². The first-order chi connectivity index (χ1) is 6.72. The summed E-state index contributed by atoms with van der Waals surface area (Å²) >= 11 is 0. The lowest BCUT2D eigenvalue weighted by Crippen LogP contribution is -2.39. The van der Waals surface area contributed by atoms with Gasteiger partial charge in [0.1, 0.15) is 0 Å². The maximum atomic E-state index is 11.6. The normalized spacial score (nSPS) is 32.0. The number of aliphatic hydroxyl groups is 1. The molecule has 0 radical (unpaired) electrons. The Kier molecular flexibility index (Phi) is 2.52. The smallest absolute Gasteiger partial charge is 0.159 e. The van der Waals surface area contributed by atoms with Crippen LogP contribution in [-0.2, 0) is 4.79 Å². The molecule has 14 heavy (non-hydrogen) atoms. The molecule has 0 heterocycles. The molecule has 2 rings (SSSR count). The van der Waals surface area contributed by atoms with Gasteiger partial charge in [-0.25, -0.2) is 0 Å². The van der Waals surface area contributed by atoms with Crippen LogP contribution in [0.5, 0.6) is 0 Å². The summed E-state index contributed by atoms with van der Waals surface area (Å²) in [6.07, 6.45) is 5.95. The number of carbonyl (C=O) groups is 1. The van der Waals surface area contributed by atoms with Crippen molar-refractivity contribution >= 4 is 5.78 Å². The first-order valence-corrected chi connectivity index (χ1v) is 5.02. The molecule has 1 saturated carbocycles. The lowest BCUT2D eigenvalue weighted by atomic mass is 9.75. The molecule has 1 fully saturated rings. The monoisotopic (exact) mass is 193 g/mol. The van der Waals surface area contributed by atoms with Crippen molar-refractivity contribution in [2.24, 2.45) is 11.7 Å². The van der Waals surface area contributed by atoms with E-state index in [2.05, 4.69) is 0 Å². The average Bonchev–Trinajstić information content (AvgIpc) is 2.23. The summed E-state index contributed by atoms with van der Waals surface area (Å²) in [7, 11) is 0. The Hall–Kier alpha value is -0.930. The maximum Gasteiger partial charge on any atom is 0.159 e. The number of rotatable bonds is 1. The number of carbonyl (C=O) groups excluding carboxylic acids is 1. The second-order valence-corrected chi connectivity index (χ2v) is 4.00. The molecule has 1 unspecified atom stereocenters. The van der Waals surface area contributed by atoms with Gasteiger partial charge in [-0.15, -0.1) is 0 Å². The van der Waals surface area contributed by atoms with E-state index in [4.69, 9.17) is 10.8 Å². The molecule has 0 aromatic carbocycles. The van der Waals surface area contributed by atoms with E-state index >= 15 is 0 Å². The number of hydrogen-bond donors (Lipinski definition) is 2. The lowest BCUT2D eigenvalue weighted by molar-refractivity contribution is -0.117. The van der Waals surface area contributed by atoms with Gasteiger partial charge in [-0.3, -0.25) is 4.79 Å². The molecular formula is C11H15NO2. The van der Waals surface area contributed by atoms with Gasteiger partial charge in [-0.05, 0) is 24.5 Å². The highest BCUT2D eigenvalue weighted by Gasteiger charge is 2.32. The van der Waals surface area contributed by atoms with E-state index in [1.807, 2.05) is 12.2 Å². The van der Waals surface area contributed by atoms with E-state index in [-0.39, 0.29) is 24.3 Å². The number of ketones is 1. The Morgan fingerprint density at radius 3 is 3.07 bits per heavy atom. The Morgan fingerprint density at radius 2 is 2.36 bits per heavy atom. The van der Waals surface area contributed by atoms with Crippen molar-refractivity contribution in [3.63, 3.8) is 0 Å². The van der Waals surface area contributed by atoms with Gasteiger partial charge in [0.25, 0.3) is 0 Å². The van der Waals surface area contributed by atoms with Crippen molar-refractivity contribution in [1.82, 2.24) is 0 Å². The summed E-state index contributed by atoms with van der Waals surface area (Å²) in [6, 6.07) is 0.107. The zero-order valence-corrected chi connectivity index (χ0v) is 8.07. The van der Waals surface area contributed by atoms with Gasteiger partial charge in [0.2, 0.25) is 0 Å². The molecule has 0 amide bonds.